The highest BCUT2D eigenvalue weighted by Gasteiger charge is 2.19. The number of carboxylic acids is 1. The van der Waals surface area contributed by atoms with Crippen LogP contribution in [0.15, 0.2) is 29.1 Å². The molecule has 0 atom stereocenters. The third kappa shape index (κ3) is 1.25. The number of rotatable bonds is 1. The van der Waals surface area contributed by atoms with Crippen molar-refractivity contribution in [1.29, 1.82) is 0 Å². The third-order valence-corrected chi connectivity index (χ3v) is 2.49. The normalized spacial score (nSPS) is 10.6. The molecule has 0 aliphatic heterocycles. The molecule has 0 aliphatic rings. The van der Waals surface area contributed by atoms with Crippen molar-refractivity contribution in [3.8, 4) is 5.75 Å². The number of fused-ring (bicyclic) bond motifs is 1. The van der Waals surface area contributed by atoms with E-state index in [4.69, 9.17) is 5.11 Å². The van der Waals surface area contributed by atoms with E-state index in [1.165, 1.54) is 11.6 Å². The first-order valence-corrected chi connectivity index (χ1v) is 4.58. The van der Waals surface area contributed by atoms with E-state index in [-0.39, 0.29) is 0 Å². The van der Waals surface area contributed by atoms with Gasteiger partial charge in [0.15, 0.2) is 5.56 Å². The van der Waals surface area contributed by atoms with Gasteiger partial charge in [-0.25, -0.2) is 4.79 Å². The zero-order valence-electron chi connectivity index (χ0n) is 8.47. The van der Waals surface area contributed by atoms with Gasteiger partial charge in [-0.3, -0.25) is 4.79 Å². The molecule has 0 unspecified atom stereocenters. The number of hydrogen-bond acceptors (Lipinski definition) is 3. The monoisotopic (exact) mass is 219 g/mol. The van der Waals surface area contributed by atoms with Gasteiger partial charge in [-0.15, -0.1) is 0 Å². The maximum atomic E-state index is 11.7. The fourth-order valence-corrected chi connectivity index (χ4v) is 1.67. The van der Waals surface area contributed by atoms with Gasteiger partial charge >= 0.3 is 5.97 Å². The quantitative estimate of drug-likeness (QED) is 0.748. The molecule has 82 valence electrons. The molecule has 5 nitrogen and oxygen atoms in total. The summed E-state index contributed by atoms with van der Waals surface area (Å²) in [6.45, 7) is 0. The highest BCUT2D eigenvalue weighted by molar-refractivity contribution is 5.98. The topological polar surface area (TPSA) is 79.5 Å². The Kier molecular flexibility index (Phi) is 2.16. The number of hydrogen-bond donors (Lipinski definition) is 2. The van der Waals surface area contributed by atoms with Gasteiger partial charge < -0.3 is 14.8 Å². The summed E-state index contributed by atoms with van der Waals surface area (Å²) in [6, 6.07) is 6.58. The minimum atomic E-state index is -1.43. The molecule has 1 aromatic carbocycles. The molecule has 1 heterocycles. The van der Waals surface area contributed by atoms with Crippen molar-refractivity contribution in [2.75, 3.05) is 0 Å². The second kappa shape index (κ2) is 3.37. The first-order chi connectivity index (χ1) is 7.54. The van der Waals surface area contributed by atoms with E-state index < -0.39 is 22.8 Å². The standard InChI is InChI=1S/C11H9NO4/c1-12-7-5-3-2-4-6(7)9(13)8(10(12)14)11(15)16/h2-5,13H,1H3,(H,15,16). The number of benzene rings is 1. The van der Waals surface area contributed by atoms with Crippen LogP contribution >= 0.6 is 0 Å². The van der Waals surface area contributed by atoms with Crippen molar-refractivity contribution in [3.63, 3.8) is 0 Å². The molecular weight excluding hydrogens is 210 g/mol. The summed E-state index contributed by atoms with van der Waals surface area (Å²) in [5, 5.41) is 18.9. The molecule has 0 fully saturated rings. The number of pyridine rings is 1. The number of aryl methyl sites for hydroxylation is 1. The number of carboxylic acid groups (broad SMARTS) is 1. The molecule has 2 rings (SSSR count). The average Bonchev–Trinajstić information content (AvgIpc) is 2.26. The fourth-order valence-electron chi connectivity index (χ4n) is 1.67. The van der Waals surface area contributed by atoms with Gasteiger partial charge in [0, 0.05) is 12.4 Å². The second-order valence-electron chi connectivity index (χ2n) is 3.41. The molecule has 0 spiro atoms. The Morgan fingerprint density at radius 3 is 2.56 bits per heavy atom. The molecule has 2 N–H and O–H groups in total. The van der Waals surface area contributed by atoms with E-state index in [0.29, 0.717) is 10.9 Å². The lowest BCUT2D eigenvalue weighted by molar-refractivity contribution is 0.0691. The van der Waals surface area contributed by atoms with Gasteiger partial charge in [-0.1, -0.05) is 12.1 Å². The Morgan fingerprint density at radius 2 is 1.94 bits per heavy atom. The van der Waals surface area contributed by atoms with E-state index in [1.54, 1.807) is 24.3 Å². The highest BCUT2D eigenvalue weighted by atomic mass is 16.4. The molecule has 1 aromatic heterocycles. The zero-order valence-corrected chi connectivity index (χ0v) is 8.47. The maximum Gasteiger partial charge on any atom is 0.345 e. The van der Waals surface area contributed by atoms with E-state index in [0.717, 1.165) is 0 Å². The Hall–Kier alpha value is -2.30. The number of aromatic hydroxyl groups is 1. The first kappa shape index (κ1) is 10.2. The molecule has 2 aromatic rings. The lowest BCUT2D eigenvalue weighted by atomic mass is 10.1. The second-order valence-corrected chi connectivity index (χ2v) is 3.41. The van der Waals surface area contributed by atoms with E-state index in [1.807, 2.05) is 0 Å². The number of para-hydroxylation sites is 1. The molecule has 0 radical (unpaired) electrons. The van der Waals surface area contributed by atoms with E-state index >= 15 is 0 Å². The number of aromatic carboxylic acids is 1. The van der Waals surface area contributed by atoms with Crippen molar-refractivity contribution in [3.05, 3.63) is 40.2 Å². The predicted molar refractivity (Wildman–Crippen MR) is 57.8 cm³/mol. The molecular formula is C11H9NO4. The van der Waals surface area contributed by atoms with Crippen LogP contribution in [0.2, 0.25) is 0 Å². The minimum Gasteiger partial charge on any atom is -0.506 e. The van der Waals surface area contributed by atoms with Crippen molar-refractivity contribution in [2.24, 2.45) is 7.05 Å². The molecule has 0 saturated heterocycles. The van der Waals surface area contributed by atoms with E-state index in [9.17, 15) is 14.7 Å². The molecule has 0 amide bonds. The summed E-state index contributed by atoms with van der Waals surface area (Å²) in [5.41, 5.74) is -0.820. The first-order valence-electron chi connectivity index (χ1n) is 4.58. The van der Waals surface area contributed by atoms with Crippen molar-refractivity contribution in [2.45, 2.75) is 0 Å². The van der Waals surface area contributed by atoms with Crippen LogP contribution in [0.5, 0.6) is 5.75 Å². The number of carbonyl (C=O) groups is 1. The molecule has 16 heavy (non-hydrogen) atoms. The van der Waals surface area contributed by atoms with Crippen LogP contribution in [0, 0.1) is 0 Å². The van der Waals surface area contributed by atoms with Gasteiger partial charge in [0.25, 0.3) is 5.56 Å². The SMILES string of the molecule is Cn1c(=O)c(C(=O)O)c(O)c2ccccc21. The summed E-state index contributed by atoms with van der Waals surface area (Å²) >= 11 is 0. The molecule has 5 heteroatoms. The molecule has 0 saturated carbocycles. The maximum absolute atomic E-state index is 11.7. The van der Waals surface area contributed by atoms with Gasteiger partial charge in [0.05, 0.1) is 5.52 Å². The van der Waals surface area contributed by atoms with Gasteiger partial charge in [-0.2, -0.15) is 0 Å². The van der Waals surface area contributed by atoms with Crippen LogP contribution in [0.4, 0.5) is 0 Å². The lowest BCUT2D eigenvalue weighted by Crippen LogP contribution is -2.24. The Balaban J connectivity index is 3.07. The summed E-state index contributed by atoms with van der Waals surface area (Å²) in [4.78, 5) is 22.5. The van der Waals surface area contributed by atoms with Crippen LogP contribution < -0.4 is 5.56 Å². The van der Waals surface area contributed by atoms with Crippen LogP contribution in [-0.2, 0) is 7.05 Å². The van der Waals surface area contributed by atoms with Crippen LogP contribution in [-0.4, -0.2) is 20.7 Å². The smallest absolute Gasteiger partial charge is 0.345 e. The van der Waals surface area contributed by atoms with Crippen LogP contribution in [0.1, 0.15) is 10.4 Å². The van der Waals surface area contributed by atoms with E-state index in [2.05, 4.69) is 0 Å². The largest absolute Gasteiger partial charge is 0.506 e. The number of nitrogens with zero attached hydrogens (tertiary/aromatic N) is 1. The van der Waals surface area contributed by atoms with Crippen molar-refractivity contribution < 1.29 is 15.0 Å². The number of aromatic nitrogens is 1. The molecule has 0 aliphatic carbocycles. The van der Waals surface area contributed by atoms with Crippen LogP contribution in [0.25, 0.3) is 10.9 Å². The van der Waals surface area contributed by atoms with Crippen molar-refractivity contribution in [1.82, 2.24) is 4.57 Å². The fraction of sp³-hybridized carbons (Fsp3) is 0.0909. The Labute approximate surface area is 90.2 Å². The Morgan fingerprint density at radius 1 is 1.31 bits per heavy atom. The zero-order chi connectivity index (χ0) is 11.9. The predicted octanol–water partition coefficient (Wildman–Crippen LogP) is 0.942. The van der Waals surface area contributed by atoms with Gasteiger partial charge in [-0.05, 0) is 12.1 Å². The highest BCUT2D eigenvalue weighted by Crippen LogP contribution is 2.25. The summed E-state index contributed by atoms with van der Waals surface area (Å²) in [7, 11) is 1.47. The Bertz CT molecular complexity index is 642. The average molecular weight is 219 g/mol. The summed E-state index contributed by atoms with van der Waals surface area (Å²) < 4.78 is 1.21. The lowest BCUT2D eigenvalue weighted by Gasteiger charge is -2.08. The van der Waals surface area contributed by atoms with Gasteiger partial charge in [0.1, 0.15) is 5.75 Å². The summed E-state index contributed by atoms with van der Waals surface area (Å²) in [6.07, 6.45) is 0. The minimum absolute atomic E-state index is 0.349. The summed E-state index contributed by atoms with van der Waals surface area (Å²) in [5.74, 6) is -1.91. The van der Waals surface area contributed by atoms with Crippen molar-refractivity contribution >= 4 is 16.9 Å². The third-order valence-electron chi connectivity index (χ3n) is 2.49. The molecule has 0 bridgehead atoms. The van der Waals surface area contributed by atoms with Gasteiger partial charge in [0.2, 0.25) is 0 Å². The van der Waals surface area contributed by atoms with Crippen LogP contribution in [0.3, 0.4) is 0 Å².